The molecule has 1 amide bonds. The van der Waals surface area contributed by atoms with E-state index in [0.717, 1.165) is 5.39 Å². The standard InChI is InChI=1S/C25H20BrN3O6/c1-2-33-20-7-9-22-18(12-20)13-24(35-22)25(30)28-27-14-16-6-8-23(21(26)11-16)34-15-17-4-3-5-19(10-17)29(31)32/h3-14H,2,15H2,1H3,(H,28,30)/b27-14+. The van der Waals surface area contributed by atoms with E-state index in [4.69, 9.17) is 13.9 Å². The van der Waals surface area contributed by atoms with Crippen LogP contribution in [0.25, 0.3) is 11.0 Å². The van der Waals surface area contributed by atoms with Crippen molar-refractivity contribution in [3.05, 3.63) is 98.2 Å². The molecule has 0 unspecified atom stereocenters. The average Bonchev–Trinajstić information content (AvgIpc) is 3.27. The van der Waals surface area contributed by atoms with Crippen molar-refractivity contribution in [2.24, 2.45) is 5.10 Å². The second-order valence-electron chi connectivity index (χ2n) is 7.35. The highest BCUT2D eigenvalue weighted by Gasteiger charge is 2.12. The topological polar surface area (TPSA) is 116 Å². The molecule has 4 rings (SSSR count). The van der Waals surface area contributed by atoms with Crippen LogP contribution in [0.1, 0.15) is 28.6 Å². The fourth-order valence-corrected chi connectivity index (χ4v) is 3.76. The largest absolute Gasteiger partial charge is 0.494 e. The van der Waals surface area contributed by atoms with Crippen molar-refractivity contribution in [2.75, 3.05) is 6.61 Å². The molecule has 0 atom stereocenters. The molecule has 0 aliphatic heterocycles. The van der Waals surface area contributed by atoms with Gasteiger partial charge in [-0.2, -0.15) is 5.10 Å². The van der Waals surface area contributed by atoms with Crippen LogP contribution in [0.15, 0.2) is 80.7 Å². The van der Waals surface area contributed by atoms with Crippen molar-refractivity contribution in [2.45, 2.75) is 13.5 Å². The zero-order valence-electron chi connectivity index (χ0n) is 18.6. The zero-order valence-corrected chi connectivity index (χ0v) is 20.2. The fraction of sp³-hybridized carbons (Fsp3) is 0.120. The zero-order chi connectivity index (χ0) is 24.8. The van der Waals surface area contributed by atoms with Gasteiger partial charge in [0.2, 0.25) is 0 Å². The van der Waals surface area contributed by atoms with Gasteiger partial charge in [-0.15, -0.1) is 0 Å². The quantitative estimate of drug-likeness (QED) is 0.163. The van der Waals surface area contributed by atoms with Crippen LogP contribution in [0.3, 0.4) is 0 Å². The first-order valence-electron chi connectivity index (χ1n) is 10.6. The molecule has 0 radical (unpaired) electrons. The predicted octanol–water partition coefficient (Wildman–Crippen LogP) is 5.85. The Morgan fingerprint density at radius 2 is 2.00 bits per heavy atom. The van der Waals surface area contributed by atoms with Gasteiger partial charge in [0, 0.05) is 17.5 Å². The summed E-state index contributed by atoms with van der Waals surface area (Å²) in [6, 6.07) is 18.5. The molecule has 3 aromatic carbocycles. The fourth-order valence-electron chi connectivity index (χ4n) is 3.25. The van der Waals surface area contributed by atoms with E-state index in [0.29, 0.717) is 39.3 Å². The number of hydrogen-bond donors (Lipinski definition) is 1. The van der Waals surface area contributed by atoms with Crippen LogP contribution in [0, 0.1) is 10.1 Å². The number of nitro benzene ring substituents is 1. The second kappa shape index (κ2) is 10.8. The number of hydrazone groups is 1. The summed E-state index contributed by atoms with van der Waals surface area (Å²) in [5.41, 5.74) is 4.43. The van der Waals surface area contributed by atoms with Crippen molar-refractivity contribution in [1.82, 2.24) is 5.43 Å². The number of nitrogens with one attached hydrogen (secondary N) is 1. The molecule has 10 heteroatoms. The number of benzene rings is 3. The lowest BCUT2D eigenvalue weighted by atomic mass is 10.2. The molecule has 1 aromatic heterocycles. The normalized spacial score (nSPS) is 11.0. The van der Waals surface area contributed by atoms with Crippen LogP contribution in [0.4, 0.5) is 5.69 Å². The summed E-state index contributed by atoms with van der Waals surface area (Å²) in [6.07, 6.45) is 1.49. The van der Waals surface area contributed by atoms with E-state index in [2.05, 4.69) is 26.5 Å². The van der Waals surface area contributed by atoms with Crippen molar-refractivity contribution >= 4 is 44.7 Å². The molecule has 1 N–H and O–H groups in total. The summed E-state index contributed by atoms with van der Waals surface area (Å²) in [4.78, 5) is 22.9. The molecule has 0 aliphatic rings. The summed E-state index contributed by atoms with van der Waals surface area (Å²) in [5.74, 6) is 0.920. The number of fused-ring (bicyclic) bond motifs is 1. The summed E-state index contributed by atoms with van der Waals surface area (Å²) in [5, 5.41) is 15.7. The molecule has 0 spiro atoms. The number of non-ortho nitro benzene ring substituents is 1. The minimum Gasteiger partial charge on any atom is -0.494 e. The summed E-state index contributed by atoms with van der Waals surface area (Å²) < 4.78 is 17.5. The minimum atomic E-state index is -0.480. The summed E-state index contributed by atoms with van der Waals surface area (Å²) in [7, 11) is 0. The van der Waals surface area contributed by atoms with Gasteiger partial charge in [-0.25, -0.2) is 5.43 Å². The lowest BCUT2D eigenvalue weighted by Crippen LogP contribution is -2.16. The lowest BCUT2D eigenvalue weighted by Gasteiger charge is -2.09. The first kappa shape index (κ1) is 24.0. The third-order valence-electron chi connectivity index (χ3n) is 4.87. The maximum atomic E-state index is 12.4. The molecular weight excluding hydrogens is 518 g/mol. The molecular formula is C25H20BrN3O6. The number of hydrogen-bond acceptors (Lipinski definition) is 7. The third kappa shape index (κ3) is 6.04. The van der Waals surface area contributed by atoms with E-state index in [1.807, 2.05) is 13.0 Å². The van der Waals surface area contributed by atoms with E-state index < -0.39 is 10.8 Å². The van der Waals surface area contributed by atoms with Crippen molar-refractivity contribution in [3.63, 3.8) is 0 Å². The number of nitrogens with zero attached hydrogens (tertiary/aromatic N) is 2. The molecule has 35 heavy (non-hydrogen) atoms. The highest BCUT2D eigenvalue weighted by molar-refractivity contribution is 9.10. The maximum Gasteiger partial charge on any atom is 0.307 e. The van der Waals surface area contributed by atoms with E-state index in [9.17, 15) is 14.9 Å². The average molecular weight is 538 g/mol. The molecule has 0 fully saturated rings. The number of amides is 1. The van der Waals surface area contributed by atoms with Gasteiger partial charge in [-0.05, 0) is 76.4 Å². The first-order valence-corrected chi connectivity index (χ1v) is 11.4. The Balaban J connectivity index is 1.36. The Kier molecular flexibility index (Phi) is 7.41. The Bertz CT molecular complexity index is 1420. The number of carbonyl (C=O) groups is 1. The van der Waals surface area contributed by atoms with Gasteiger partial charge in [-0.3, -0.25) is 14.9 Å². The summed E-state index contributed by atoms with van der Waals surface area (Å²) in [6.45, 7) is 2.62. The Morgan fingerprint density at radius 3 is 2.77 bits per heavy atom. The van der Waals surface area contributed by atoms with Crippen LogP contribution >= 0.6 is 15.9 Å². The van der Waals surface area contributed by atoms with Crippen LogP contribution < -0.4 is 14.9 Å². The Labute approximate surface area is 208 Å². The van der Waals surface area contributed by atoms with Crippen molar-refractivity contribution in [1.29, 1.82) is 0 Å². The number of halogens is 1. The lowest BCUT2D eigenvalue weighted by molar-refractivity contribution is -0.384. The molecule has 178 valence electrons. The highest BCUT2D eigenvalue weighted by atomic mass is 79.9. The van der Waals surface area contributed by atoms with E-state index >= 15 is 0 Å². The molecule has 0 saturated heterocycles. The monoisotopic (exact) mass is 537 g/mol. The van der Waals surface area contributed by atoms with E-state index in [-0.39, 0.29) is 18.1 Å². The number of ether oxygens (including phenoxy) is 2. The third-order valence-corrected chi connectivity index (χ3v) is 5.49. The molecule has 0 aliphatic carbocycles. The smallest absolute Gasteiger partial charge is 0.307 e. The van der Waals surface area contributed by atoms with Crippen molar-refractivity contribution in [3.8, 4) is 11.5 Å². The number of rotatable bonds is 9. The van der Waals surface area contributed by atoms with E-state index in [1.165, 1.54) is 18.3 Å². The maximum absolute atomic E-state index is 12.4. The molecule has 0 bridgehead atoms. The Hall–Kier alpha value is -4.18. The van der Waals surface area contributed by atoms with Gasteiger partial charge in [0.15, 0.2) is 5.76 Å². The predicted molar refractivity (Wildman–Crippen MR) is 134 cm³/mol. The van der Waals surface area contributed by atoms with Gasteiger partial charge >= 0.3 is 5.91 Å². The highest BCUT2D eigenvalue weighted by Crippen LogP contribution is 2.27. The molecule has 9 nitrogen and oxygen atoms in total. The van der Waals surface area contributed by atoms with Crippen LogP contribution in [0.2, 0.25) is 0 Å². The minimum absolute atomic E-state index is 0.0108. The summed E-state index contributed by atoms with van der Waals surface area (Å²) >= 11 is 3.44. The SMILES string of the molecule is CCOc1ccc2oc(C(=O)N/N=C/c3ccc(OCc4cccc([N+](=O)[O-])c4)c(Br)c3)cc2c1. The molecule has 0 saturated carbocycles. The van der Waals surface area contributed by atoms with Gasteiger partial charge in [-0.1, -0.05) is 12.1 Å². The van der Waals surface area contributed by atoms with Gasteiger partial charge in [0.25, 0.3) is 5.69 Å². The first-order chi connectivity index (χ1) is 16.9. The second-order valence-corrected chi connectivity index (χ2v) is 8.20. The van der Waals surface area contributed by atoms with Crippen molar-refractivity contribution < 1.29 is 23.6 Å². The molecule has 1 heterocycles. The van der Waals surface area contributed by atoms with Gasteiger partial charge in [0.05, 0.1) is 22.2 Å². The number of carbonyl (C=O) groups excluding carboxylic acids is 1. The molecule has 4 aromatic rings. The van der Waals surface area contributed by atoms with Crippen LogP contribution in [-0.2, 0) is 6.61 Å². The van der Waals surface area contributed by atoms with Crippen LogP contribution in [0.5, 0.6) is 11.5 Å². The number of nitro groups is 1. The van der Waals surface area contributed by atoms with E-state index in [1.54, 1.807) is 48.5 Å². The van der Waals surface area contributed by atoms with Crippen LogP contribution in [-0.4, -0.2) is 23.7 Å². The van der Waals surface area contributed by atoms with Gasteiger partial charge < -0.3 is 13.9 Å². The Morgan fingerprint density at radius 1 is 1.14 bits per heavy atom. The number of furan rings is 1. The van der Waals surface area contributed by atoms with Gasteiger partial charge in [0.1, 0.15) is 23.7 Å².